The van der Waals surface area contributed by atoms with Gasteiger partial charge in [0, 0.05) is 39.8 Å². The summed E-state index contributed by atoms with van der Waals surface area (Å²) in [6.07, 6.45) is 4.35. The van der Waals surface area contributed by atoms with Gasteiger partial charge >= 0.3 is 0 Å². The molecule has 3 unspecified atom stereocenters. The van der Waals surface area contributed by atoms with Crippen LogP contribution in [0.2, 0.25) is 0 Å². The molecule has 0 amide bonds. The molecule has 0 spiro atoms. The summed E-state index contributed by atoms with van der Waals surface area (Å²) in [4.78, 5) is 6.55. The molecule has 0 aliphatic carbocycles. The molecule has 0 bridgehead atoms. The van der Waals surface area contributed by atoms with Crippen LogP contribution in [0, 0.1) is 11.8 Å². The zero-order valence-electron chi connectivity index (χ0n) is 16.2. The molecule has 2 heterocycles. The first-order valence-corrected chi connectivity index (χ1v) is 11.1. The summed E-state index contributed by atoms with van der Waals surface area (Å²) in [7, 11) is -1.55. The maximum Gasteiger partial charge on any atom is 0.213 e. The number of hydrogen-bond acceptors (Lipinski definition) is 4. The van der Waals surface area contributed by atoms with Crippen molar-refractivity contribution in [2.24, 2.45) is 16.8 Å². The fourth-order valence-corrected chi connectivity index (χ4v) is 4.68. The first-order valence-electron chi connectivity index (χ1n) is 9.44. The summed E-state index contributed by atoms with van der Waals surface area (Å²) < 4.78 is 32.6. The number of sulfonamides is 1. The van der Waals surface area contributed by atoms with E-state index in [4.69, 9.17) is 4.74 Å². The van der Waals surface area contributed by atoms with E-state index in [-0.39, 0.29) is 35.8 Å². The molecule has 2 fully saturated rings. The lowest BCUT2D eigenvalue weighted by Crippen LogP contribution is -2.49. The molecule has 154 valence electrons. The highest BCUT2D eigenvalue weighted by Crippen LogP contribution is 2.20. The monoisotopic (exact) mass is 502 g/mol. The van der Waals surface area contributed by atoms with Crippen molar-refractivity contribution in [1.29, 1.82) is 0 Å². The minimum Gasteiger partial charge on any atom is -0.377 e. The smallest absolute Gasteiger partial charge is 0.213 e. The van der Waals surface area contributed by atoms with Crippen molar-refractivity contribution in [3.05, 3.63) is 0 Å². The third-order valence-corrected chi connectivity index (χ3v) is 6.19. The van der Waals surface area contributed by atoms with Gasteiger partial charge in [0.1, 0.15) is 0 Å². The van der Waals surface area contributed by atoms with Crippen molar-refractivity contribution in [3.63, 3.8) is 0 Å². The van der Waals surface area contributed by atoms with Crippen LogP contribution >= 0.6 is 24.0 Å². The standard InChI is InChI=1S/C17H34N4O3S.HI/c1-14-10-15(2)13-21(12-14)17(18-3)19-7-9-25(22,23)20-11-16-6-4-5-8-24-16;/h14-16,20H,4-13H2,1-3H3,(H,18,19);1H. The van der Waals surface area contributed by atoms with Crippen molar-refractivity contribution in [3.8, 4) is 0 Å². The third-order valence-electron chi connectivity index (χ3n) is 4.84. The molecule has 26 heavy (non-hydrogen) atoms. The summed E-state index contributed by atoms with van der Waals surface area (Å²) in [6, 6.07) is 0. The molecule has 2 aliphatic rings. The van der Waals surface area contributed by atoms with Crippen LogP contribution in [0.4, 0.5) is 0 Å². The molecule has 9 heteroatoms. The first-order chi connectivity index (χ1) is 11.9. The van der Waals surface area contributed by atoms with Gasteiger partial charge < -0.3 is 15.0 Å². The van der Waals surface area contributed by atoms with Gasteiger partial charge in [-0.25, -0.2) is 13.1 Å². The lowest BCUT2D eigenvalue weighted by molar-refractivity contribution is 0.0200. The van der Waals surface area contributed by atoms with Gasteiger partial charge in [0.25, 0.3) is 0 Å². The Morgan fingerprint density at radius 2 is 1.92 bits per heavy atom. The van der Waals surface area contributed by atoms with E-state index in [1.54, 1.807) is 7.05 Å². The number of hydrogen-bond donors (Lipinski definition) is 2. The van der Waals surface area contributed by atoms with Crippen LogP contribution < -0.4 is 10.0 Å². The molecule has 0 radical (unpaired) electrons. The van der Waals surface area contributed by atoms with E-state index >= 15 is 0 Å². The van der Waals surface area contributed by atoms with Gasteiger partial charge in [-0.05, 0) is 37.5 Å². The van der Waals surface area contributed by atoms with Crippen LogP contribution in [0.25, 0.3) is 0 Å². The quantitative estimate of drug-likeness (QED) is 0.328. The number of halogens is 1. The van der Waals surface area contributed by atoms with Crippen molar-refractivity contribution in [2.75, 3.05) is 45.6 Å². The number of nitrogens with zero attached hydrogens (tertiary/aromatic N) is 2. The number of ether oxygens (including phenoxy) is 1. The van der Waals surface area contributed by atoms with E-state index in [0.29, 0.717) is 24.9 Å². The van der Waals surface area contributed by atoms with E-state index in [0.717, 1.165) is 44.9 Å². The largest absolute Gasteiger partial charge is 0.377 e. The van der Waals surface area contributed by atoms with Crippen molar-refractivity contribution in [1.82, 2.24) is 14.9 Å². The lowest BCUT2D eigenvalue weighted by atomic mass is 9.92. The number of aliphatic imine (C=N–C) groups is 1. The summed E-state index contributed by atoms with van der Waals surface area (Å²) in [6.45, 7) is 7.89. The summed E-state index contributed by atoms with van der Waals surface area (Å²) >= 11 is 0. The summed E-state index contributed by atoms with van der Waals surface area (Å²) in [5, 5.41) is 3.20. The van der Waals surface area contributed by atoms with Crippen molar-refractivity contribution >= 4 is 40.0 Å². The zero-order valence-corrected chi connectivity index (χ0v) is 19.4. The van der Waals surface area contributed by atoms with Crippen LogP contribution in [-0.2, 0) is 14.8 Å². The van der Waals surface area contributed by atoms with Crippen LogP contribution in [-0.4, -0.2) is 71.0 Å². The molecule has 7 nitrogen and oxygen atoms in total. The normalized spacial score (nSPS) is 27.7. The summed E-state index contributed by atoms with van der Waals surface area (Å²) in [5.41, 5.74) is 0. The maximum absolute atomic E-state index is 12.2. The topological polar surface area (TPSA) is 83.0 Å². The van der Waals surface area contributed by atoms with Gasteiger partial charge in [-0.3, -0.25) is 4.99 Å². The summed E-state index contributed by atoms with van der Waals surface area (Å²) in [5.74, 6) is 2.09. The maximum atomic E-state index is 12.2. The molecule has 0 aromatic rings. The lowest BCUT2D eigenvalue weighted by Gasteiger charge is -2.37. The molecule has 3 atom stereocenters. The van der Waals surface area contributed by atoms with Gasteiger partial charge in [-0.15, -0.1) is 24.0 Å². The van der Waals surface area contributed by atoms with Crippen LogP contribution in [0.1, 0.15) is 39.5 Å². The Morgan fingerprint density at radius 1 is 1.23 bits per heavy atom. The van der Waals surface area contributed by atoms with Gasteiger partial charge in [0.15, 0.2) is 5.96 Å². The average molecular weight is 502 g/mol. The number of guanidine groups is 1. The Bertz CT molecular complexity index is 528. The number of rotatable bonds is 6. The Kier molecular flexibility index (Phi) is 10.7. The second-order valence-corrected chi connectivity index (χ2v) is 9.41. The van der Waals surface area contributed by atoms with Crippen molar-refractivity contribution in [2.45, 2.75) is 45.6 Å². The molecular weight excluding hydrogens is 467 g/mol. The number of nitrogens with one attached hydrogen (secondary N) is 2. The average Bonchev–Trinajstić information content (AvgIpc) is 2.57. The van der Waals surface area contributed by atoms with E-state index in [1.807, 2.05) is 0 Å². The first kappa shape index (κ1) is 23.9. The molecule has 0 saturated carbocycles. The van der Waals surface area contributed by atoms with Gasteiger partial charge in [0.2, 0.25) is 10.0 Å². The Balaban J connectivity index is 0.00000338. The highest BCUT2D eigenvalue weighted by Gasteiger charge is 2.24. The van der Waals surface area contributed by atoms with Gasteiger partial charge in [-0.2, -0.15) is 0 Å². The molecule has 2 saturated heterocycles. The SMILES string of the molecule is CN=C(NCCS(=O)(=O)NCC1CCCCO1)N1CC(C)CC(C)C1.I. The fraction of sp³-hybridized carbons (Fsp3) is 0.941. The molecule has 2 rings (SSSR count). The van der Waals surface area contributed by atoms with Gasteiger partial charge in [0.05, 0.1) is 11.9 Å². The van der Waals surface area contributed by atoms with E-state index in [2.05, 4.69) is 33.8 Å². The van der Waals surface area contributed by atoms with Crippen molar-refractivity contribution < 1.29 is 13.2 Å². The Labute approximate surface area is 175 Å². The second-order valence-electron chi connectivity index (χ2n) is 7.48. The minimum atomic E-state index is -3.30. The minimum absolute atomic E-state index is 0. The molecule has 0 aromatic carbocycles. The van der Waals surface area contributed by atoms with Crippen LogP contribution in [0.5, 0.6) is 0 Å². The molecular formula is C17H35IN4O3S. The van der Waals surface area contributed by atoms with Gasteiger partial charge in [-0.1, -0.05) is 13.8 Å². The fourth-order valence-electron chi connectivity index (χ4n) is 3.73. The molecule has 2 N–H and O–H groups in total. The van der Waals surface area contributed by atoms with E-state index < -0.39 is 10.0 Å². The highest BCUT2D eigenvalue weighted by molar-refractivity contribution is 14.0. The Hall–Kier alpha value is -0.130. The third kappa shape index (κ3) is 8.26. The predicted molar refractivity (Wildman–Crippen MR) is 117 cm³/mol. The van der Waals surface area contributed by atoms with E-state index in [1.165, 1.54) is 6.42 Å². The van der Waals surface area contributed by atoms with E-state index in [9.17, 15) is 8.42 Å². The molecule has 0 aromatic heterocycles. The van der Waals surface area contributed by atoms with Crippen LogP contribution in [0.15, 0.2) is 4.99 Å². The van der Waals surface area contributed by atoms with Crippen LogP contribution in [0.3, 0.4) is 0 Å². The molecule has 2 aliphatic heterocycles. The number of piperidine rings is 1. The Morgan fingerprint density at radius 3 is 2.50 bits per heavy atom. The zero-order chi connectivity index (χ0) is 18.3. The highest BCUT2D eigenvalue weighted by atomic mass is 127. The number of likely N-dealkylation sites (tertiary alicyclic amines) is 1. The second kappa shape index (κ2) is 11.7. The predicted octanol–water partition coefficient (Wildman–Crippen LogP) is 1.65.